The van der Waals surface area contributed by atoms with Crippen LogP contribution in [0.15, 0.2) is 15.9 Å². The average Bonchev–Trinajstić information content (AvgIpc) is 2.95. The second-order valence-corrected chi connectivity index (χ2v) is 5.43. The van der Waals surface area contributed by atoms with Gasteiger partial charge in [0.05, 0.1) is 0 Å². The Bertz CT molecular complexity index is 377. The van der Waals surface area contributed by atoms with Crippen LogP contribution >= 0.6 is 0 Å². The number of hydrogen-bond donors (Lipinski definition) is 0. The van der Waals surface area contributed by atoms with Crippen LogP contribution < -0.4 is 0 Å². The Balaban J connectivity index is 2.09. The Kier molecular flexibility index (Phi) is 3.05. The highest BCUT2D eigenvalue weighted by atomic mass is 16.1. The summed E-state index contributed by atoms with van der Waals surface area (Å²) in [7, 11) is 0. The zero-order valence-electron chi connectivity index (χ0n) is 10.7. The fourth-order valence-electron chi connectivity index (χ4n) is 2.70. The van der Waals surface area contributed by atoms with E-state index in [-0.39, 0.29) is 6.85 Å². The normalized spacial score (nSPS) is 20.8. The molecule has 16 heavy (non-hydrogen) atoms. The van der Waals surface area contributed by atoms with Crippen LogP contribution in [-0.4, -0.2) is 18.3 Å². The molecule has 0 spiro atoms. The van der Waals surface area contributed by atoms with Crippen molar-refractivity contribution < 1.29 is 4.79 Å². The van der Waals surface area contributed by atoms with Gasteiger partial charge in [0.15, 0.2) is 0 Å². The third kappa shape index (κ3) is 2.13. The van der Waals surface area contributed by atoms with Gasteiger partial charge in [-0.05, 0) is 38.2 Å². The monoisotopic (exact) mass is 217 g/mol. The van der Waals surface area contributed by atoms with Gasteiger partial charge in [-0.2, -0.15) is 0 Å². The lowest BCUT2D eigenvalue weighted by Gasteiger charge is -2.10. The molecule has 3 heteroatoms. The number of nitrogens with zero attached hydrogens (tertiary/aromatic N) is 1. The predicted octanol–water partition coefficient (Wildman–Crippen LogP) is 2.94. The smallest absolute Gasteiger partial charge is 0.315 e. The SMILES string of the molecule is CC1=NB(CC(=O)C2CC2)C(C)=C1C(C)C. The molecule has 1 fully saturated rings. The Morgan fingerprint density at radius 2 is 2.06 bits per heavy atom. The van der Waals surface area contributed by atoms with Crippen molar-refractivity contribution in [3.63, 3.8) is 0 Å². The standard InChI is InChI=1S/C13H20BNO/c1-8(2)13-9(3)14(15-10(13)4)7-12(16)11-5-6-11/h8,11H,5-7H2,1-4H3. The number of Topliss-reactive ketones (excluding diaryl/α,β-unsaturated/α-hetero) is 1. The van der Waals surface area contributed by atoms with E-state index in [2.05, 4.69) is 32.6 Å². The van der Waals surface area contributed by atoms with Gasteiger partial charge in [0.25, 0.3) is 0 Å². The summed E-state index contributed by atoms with van der Waals surface area (Å²) in [4.78, 5) is 16.4. The number of carbonyl (C=O) groups is 1. The fourth-order valence-corrected chi connectivity index (χ4v) is 2.70. The van der Waals surface area contributed by atoms with Crippen LogP contribution in [-0.2, 0) is 4.79 Å². The molecule has 2 nitrogen and oxygen atoms in total. The van der Waals surface area contributed by atoms with E-state index >= 15 is 0 Å². The first-order chi connectivity index (χ1) is 7.50. The predicted molar refractivity (Wildman–Crippen MR) is 68.9 cm³/mol. The minimum absolute atomic E-state index is 0.144. The topological polar surface area (TPSA) is 29.4 Å². The van der Waals surface area contributed by atoms with Crippen molar-refractivity contribution >= 4 is 18.3 Å². The summed E-state index contributed by atoms with van der Waals surface area (Å²) in [5, 5.41) is 0. The van der Waals surface area contributed by atoms with Crippen LogP contribution in [0.5, 0.6) is 0 Å². The molecule has 0 unspecified atom stereocenters. The fraction of sp³-hybridized carbons (Fsp3) is 0.692. The molecule has 0 radical (unpaired) electrons. The van der Waals surface area contributed by atoms with Crippen molar-refractivity contribution in [1.29, 1.82) is 0 Å². The molecule has 1 aliphatic carbocycles. The van der Waals surface area contributed by atoms with E-state index in [0.717, 1.165) is 18.6 Å². The van der Waals surface area contributed by atoms with Crippen molar-refractivity contribution in [2.45, 2.75) is 46.9 Å². The molecule has 0 N–H and O–H groups in total. The first kappa shape index (κ1) is 11.6. The maximum Gasteiger partial charge on any atom is 0.315 e. The van der Waals surface area contributed by atoms with Crippen molar-refractivity contribution in [2.24, 2.45) is 16.7 Å². The highest BCUT2D eigenvalue weighted by molar-refractivity contribution is 6.72. The summed E-state index contributed by atoms with van der Waals surface area (Å²) in [6.45, 7) is 8.75. The number of ketones is 1. The van der Waals surface area contributed by atoms with E-state index in [4.69, 9.17) is 0 Å². The summed E-state index contributed by atoms with van der Waals surface area (Å²) in [5.74, 6) is 1.31. The lowest BCUT2D eigenvalue weighted by molar-refractivity contribution is -0.118. The number of hydrogen-bond acceptors (Lipinski definition) is 2. The second-order valence-electron chi connectivity index (χ2n) is 5.43. The quantitative estimate of drug-likeness (QED) is 0.665. The average molecular weight is 217 g/mol. The van der Waals surface area contributed by atoms with Crippen LogP contribution in [0.1, 0.15) is 40.5 Å². The Morgan fingerprint density at radius 3 is 2.50 bits per heavy atom. The van der Waals surface area contributed by atoms with Crippen LogP contribution in [0.25, 0.3) is 0 Å². The van der Waals surface area contributed by atoms with Crippen molar-refractivity contribution in [2.75, 3.05) is 0 Å². The number of rotatable bonds is 4. The molecule has 0 aromatic rings. The van der Waals surface area contributed by atoms with E-state index in [0.29, 0.717) is 23.9 Å². The molecular formula is C13H20BNO. The van der Waals surface area contributed by atoms with Crippen LogP contribution in [0, 0.1) is 11.8 Å². The third-order valence-electron chi connectivity index (χ3n) is 3.67. The first-order valence-electron chi connectivity index (χ1n) is 6.28. The van der Waals surface area contributed by atoms with Gasteiger partial charge >= 0.3 is 6.85 Å². The van der Waals surface area contributed by atoms with Gasteiger partial charge in [-0.25, -0.2) is 0 Å². The summed E-state index contributed by atoms with van der Waals surface area (Å²) >= 11 is 0. The molecular weight excluding hydrogens is 197 g/mol. The zero-order chi connectivity index (χ0) is 11.9. The summed E-state index contributed by atoms with van der Waals surface area (Å²) in [5.41, 5.74) is 3.83. The molecule has 2 aliphatic rings. The molecule has 0 aromatic carbocycles. The molecule has 0 aromatic heterocycles. The van der Waals surface area contributed by atoms with E-state index in [1.54, 1.807) is 0 Å². The highest BCUT2D eigenvalue weighted by Gasteiger charge is 2.35. The molecule has 2 rings (SSSR count). The number of carbonyl (C=O) groups excluding carboxylic acids is 1. The maximum absolute atomic E-state index is 11.8. The summed E-state index contributed by atoms with van der Waals surface area (Å²) < 4.78 is 0. The van der Waals surface area contributed by atoms with Gasteiger partial charge in [0, 0.05) is 17.9 Å². The summed E-state index contributed by atoms with van der Waals surface area (Å²) in [6, 6.07) is 0. The van der Waals surface area contributed by atoms with E-state index in [9.17, 15) is 4.79 Å². The van der Waals surface area contributed by atoms with Gasteiger partial charge < -0.3 is 9.70 Å². The van der Waals surface area contributed by atoms with Gasteiger partial charge in [0.1, 0.15) is 5.78 Å². The van der Waals surface area contributed by atoms with Crippen LogP contribution in [0.2, 0.25) is 6.32 Å². The van der Waals surface area contributed by atoms with Crippen molar-refractivity contribution in [3.8, 4) is 0 Å². The van der Waals surface area contributed by atoms with E-state index < -0.39 is 0 Å². The molecule has 1 saturated carbocycles. The molecule has 0 amide bonds. The largest absolute Gasteiger partial charge is 0.339 e. The molecule has 1 heterocycles. The molecule has 86 valence electrons. The summed E-state index contributed by atoms with van der Waals surface area (Å²) in [6.07, 6.45) is 2.84. The lowest BCUT2D eigenvalue weighted by atomic mass is 9.53. The van der Waals surface area contributed by atoms with Gasteiger partial charge in [-0.3, -0.25) is 0 Å². The van der Waals surface area contributed by atoms with Crippen molar-refractivity contribution in [1.82, 2.24) is 0 Å². The Morgan fingerprint density at radius 1 is 1.44 bits per heavy atom. The van der Waals surface area contributed by atoms with Gasteiger partial charge in [0.2, 0.25) is 0 Å². The third-order valence-corrected chi connectivity index (χ3v) is 3.67. The molecule has 1 aliphatic heterocycles. The minimum Gasteiger partial charge on any atom is -0.339 e. The first-order valence-corrected chi connectivity index (χ1v) is 6.28. The molecule has 0 atom stereocenters. The molecule has 0 saturated heterocycles. The zero-order valence-corrected chi connectivity index (χ0v) is 10.7. The highest BCUT2D eigenvalue weighted by Crippen LogP contribution is 2.34. The minimum atomic E-state index is 0.144. The van der Waals surface area contributed by atoms with Crippen molar-refractivity contribution in [3.05, 3.63) is 11.0 Å². The molecule has 0 bridgehead atoms. The van der Waals surface area contributed by atoms with Crippen LogP contribution in [0.4, 0.5) is 0 Å². The van der Waals surface area contributed by atoms with E-state index in [1.807, 2.05) is 0 Å². The second kappa shape index (κ2) is 4.19. The Hall–Kier alpha value is -0.855. The van der Waals surface area contributed by atoms with E-state index in [1.165, 1.54) is 11.0 Å². The van der Waals surface area contributed by atoms with Gasteiger partial charge in [-0.15, -0.1) is 0 Å². The Labute approximate surface area is 98.3 Å². The maximum atomic E-state index is 11.8. The lowest BCUT2D eigenvalue weighted by Crippen LogP contribution is -2.17. The number of allylic oxidation sites excluding steroid dienone is 2. The van der Waals surface area contributed by atoms with Gasteiger partial charge in [-0.1, -0.05) is 19.3 Å². The van der Waals surface area contributed by atoms with Crippen LogP contribution in [0.3, 0.4) is 0 Å².